The molecule has 0 aliphatic heterocycles. The topological polar surface area (TPSA) is 64.3 Å². The minimum Gasteiger partial charge on any atom is -0.504 e. The van der Waals surface area contributed by atoms with E-state index >= 15 is 0 Å². The van der Waals surface area contributed by atoms with Crippen molar-refractivity contribution in [3.63, 3.8) is 0 Å². The van der Waals surface area contributed by atoms with Crippen LogP contribution in [0.4, 0.5) is 0 Å². The van der Waals surface area contributed by atoms with Gasteiger partial charge in [0, 0.05) is 9.28 Å². The smallest absolute Gasteiger partial charge is 0.160 e. The van der Waals surface area contributed by atoms with E-state index in [1.54, 1.807) is 6.92 Å². The monoisotopic (exact) mass is 323 g/mol. The van der Waals surface area contributed by atoms with Crippen LogP contribution in [0.1, 0.15) is 25.3 Å². The van der Waals surface area contributed by atoms with Gasteiger partial charge in [-0.15, -0.1) is 0 Å². The Hall–Kier alpha value is -0.780. The molecule has 0 amide bonds. The quantitative estimate of drug-likeness (QED) is 0.453. The first-order chi connectivity index (χ1) is 7.00. The summed E-state index contributed by atoms with van der Waals surface area (Å²) < 4.78 is 0.907. The number of hydrogen-bond donors (Lipinski definition) is 3. The van der Waals surface area contributed by atoms with Gasteiger partial charge in [-0.05, 0) is 66.5 Å². The Bertz CT molecular complexity index is 377. The first kappa shape index (κ1) is 12.3. The van der Waals surface area contributed by atoms with Crippen molar-refractivity contribution >= 4 is 28.3 Å². The Morgan fingerprint density at radius 3 is 2.67 bits per heavy atom. The normalized spacial score (nSPS) is 10.3. The minimum absolute atomic E-state index is 0.0296. The summed E-state index contributed by atoms with van der Waals surface area (Å²) in [5.74, 6) is -0.0958. The lowest BCUT2D eigenvalue weighted by Crippen LogP contribution is -1.93. The maximum absolute atomic E-state index is 9.58. The summed E-state index contributed by atoms with van der Waals surface area (Å²) in [6.07, 6.45) is 2.24. The third kappa shape index (κ3) is 3.70. The van der Waals surface area contributed by atoms with E-state index in [0.29, 0.717) is 12.1 Å². The third-order valence-electron chi connectivity index (χ3n) is 2.13. The van der Waals surface area contributed by atoms with Crippen LogP contribution < -0.4 is 0 Å². The summed E-state index contributed by atoms with van der Waals surface area (Å²) in [4.78, 5) is 0. The summed E-state index contributed by atoms with van der Waals surface area (Å²) >= 11 is 2.10. The van der Waals surface area contributed by atoms with Gasteiger partial charge in [0.25, 0.3) is 0 Å². The zero-order valence-electron chi connectivity index (χ0n) is 8.55. The van der Waals surface area contributed by atoms with Crippen LogP contribution >= 0.6 is 22.6 Å². The number of hydrogen-bond acceptors (Lipinski definition) is 3. The molecule has 0 spiro atoms. The van der Waals surface area contributed by atoms with Gasteiger partial charge in [0.05, 0.1) is 0 Å². The van der Waals surface area contributed by atoms with Crippen molar-refractivity contribution in [3.8, 4) is 11.5 Å². The van der Waals surface area contributed by atoms with E-state index in [1.807, 2.05) is 6.07 Å². The van der Waals surface area contributed by atoms with Crippen molar-refractivity contribution in [2.45, 2.75) is 26.2 Å². The highest BCUT2D eigenvalue weighted by Crippen LogP contribution is 2.31. The molecule has 0 radical (unpaired) electrons. The van der Waals surface area contributed by atoms with Crippen LogP contribution in [-0.4, -0.2) is 15.9 Å². The van der Waals surface area contributed by atoms with Crippen LogP contribution in [0.3, 0.4) is 0 Å². The van der Waals surface area contributed by atoms with Crippen LogP contribution in [0.25, 0.3) is 0 Å². The summed E-state index contributed by atoms with van der Waals surface area (Å²) in [6, 6.07) is 3.39. The molecule has 15 heavy (non-hydrogen) atoms. The fraction of sp³-hybridized carbons (Fsp3) is 0.364. The Morgan fingerprint density at radius 1 is 1.40 bits per heavy atom. The van der Waals surface area contributed by atoms with Crippen molar-refractivity contribution < 1.29 is 10.2 Å². The zero-order valence-corrected chi connectivity index (χ0v) is 10.7. The zero-order chi connectivity index (χ0) is 11.4. The number of rotatable bonds is 4. The van der Waals surface area contributed by atoms with Gasteiger partial charge in [0.1, 0.15) is 0 Å². The molecule has 0 aliphatic rings. The number of phenolic OH excluding ortho intramolecular Hbond substituents is 2. The van der Waals surface area contributed by atoms with Crippen molar-refractivity contribution in [1.29, 1.82) is 5.41 Å². The molecule has 0 aliphatic carbocycles. The van der Waals surface area contributed by atoms with E-state index < -0.39 is 0 Å². The second-order valence-electron chi connectivity index (χ2n) is 3.57. The Labute approximate surface area is 103 Å². The van der Waals surface area contributed by atoms with Gasteiger partial charge in [-0.2, -0.15) is 0 Å². The van der Waals surface area contributed by atoms with Crippen LogP contribution in [0.5, 0.6) is 11.5 Å². The second-order valence-corrected chi connectivity index (χ2v) is 4.81. The van der Waals surface area contributed by atoms with Gasteiger partial charge >= 0.3 is 0 Å². The Morgan fingerprint density at radius 2 is 2.07 bits per heavy atom. The molecule has 3 N–H and O–H groups in total. The van der Waals surface area contributed by atoms with Gasteiger partial charge in [-0.1, -0.05) is 0 Å². The Kier molecular flexibility index (Phi) is 4.38. The molecule has 0 heterocycles. The number of aromatic hydroxyl groups is 2. The molecule has 3 nitrogen and oxygen atoms in total. The molecule has 0 saturated carbocycles. The van der Waals surface area contributed by atoms with Gasteiger partial charge < -0.3 is 15.6 Å². The molecule has 0 unspecified atom stereocenters. The molecule has 0 bridgehead atoms. The van der Waals surface area contributed by atoms with E-state index in [9.17, 15) is 10.2 Å². The molecule has 0 aromatic heterocycles. The average molecular weight is 323 g/mol. The highest BCUT2D eigenvalue weighted by molar-refractivity contribution is 14.1. The number of halogens is 1. The second kappa shape index (κ2) is 5.34. The van der Waals surface area contributed by atoms with E-state index in [1.165, 1.54) is 6.07 Å². The Balaban J connectivity index is 2.72. The summed E-state index contributed by atoms with van der Waals surface area (Å²) in [7, 11) is 0. The standard InChI is InChI=1S/C11H14INO2/c1-7(13)3-2-4-8-5-9(12)6-10(14)11(8)15/h5-6,13-15H,2-4H2,1H3/i12+4. The van der Waals surface area contributed by atoms with Crippen molar-refractivity contribution in [2.75, 3.05) is 0 Å². The highest BCUT2D eigenvalue weighted by atomic mass is 131. The number of aryl methyl sites for hydroxylation is 1. The molecule has 1 aromatic rings. The fourth-order valence-electron chi connectivity index (χ4n) is 1.37. The molecule has 1 aromatic carbocycles. The van der Waals surface area contributed by atoms with Crippen LogP contribution in [-0.2, 0) is 6.42 Å². The lowest BCUT2D eigenvalue weighted by molar-refractivity contribution is 0.398. The first-order valence-electron chi connectivity index (χ1n) is 4.75. The van der Waals surface area contributed by atoms with Crippen molar-refractivity contribution in [1.82, 2.24) is 0 Å². The number of benzene rings is 1. The molecular formula is C11H14INO2. The van der Waals surface area contributed by atoms with E-state index in [-0.39, 0.29) is 11.5 Å². The summed E-state index contributed by atoms with van der Waals surface area (Å²) in [5.41, 5.74) is 1.39. The average Bonchev–Trinajstić information content (AvgIpc) is 2.12. The summed E-state index contributed by atoms with van der Waals surface area (Å²) in [5, 5.41) is 26.3. The largest absolute Gasteiger partial charge is 0.504 e. The lowest BCUT2D eigenvalue weighted by atomic mass is 10.1. The maximum Gasteiger partial charge on any atom is 0.160 e. The maximum atomic E-state index is 9.58. The molecule has 0 atom stereocenters. The lowest BCUT2D eigenvalue weighted by Gasteiger charge is -2.06. The van der Waals surface area contributed by atoms with Gasteiger partial charge in [0.15, 0.2) is 11.5 Å². The van der Waals surface area contributed by atoms with Gasteiger partial charge in [-0.3, -0.25) is 0 Å². The van der Waals surface area contributed by atoms with E-state index in [0.717, 1.165) is 22.0 Å². The predicted octanol–water partition coefficient (Wildman–Crippen LogP) is 3.06. The third-order valence-corrected chi connectivity index (χ3v) is 2.75. The van der Waals surface area contributed by atoms with Crippen molar-refractivity contribution in [2.24, 2.45) is 0 Å². The van der Waals surface area contributed by atoms with Crippen LogP contribution in [0.2, 0.25) is 0 Å². The fourth-order valence-corrected chi connectivity index (χ4v) is 2.05. The highest BCUT2D eigenvalue weighted by Gasteiger charge is 2.07. The van der Waals surface area contributed by atoms with Crippen LogP contribution in [0.15, 0.2) is 12.1 Å². The molecule has 1 rings (SSSR count). The number of phenols is 2. The predicted molar refractivity (Wildman–Crippen MR) is 68.8 cm³/mol. The van der Waals surface area contributed by atoms with Gasteiger partial charge in [-0.25, -0.2) is 0 Å². The van der Waals surface area contributed by atoms with E-state index in [2.05, 4.69) is 22.6 Å². The molecule has 4 heteroatoms. The SMILES string of the molecule is CC(=N)CCCc1cc([131I])cc(O)c1O. The van der Waals surface area contributed by atoms with Gasteiger partial charge in [0.2, 0.25) is 0 Å². The molecule has 0 saturated heterocycles. The molecule has 82 valence electrons. The first-order valence-corrected chi connectivity index (χ1v) is 5.83. The molecular weight excluding hydrogens is 309 g/mol. The minimum atomic E-state index is -0.0662. The van der Waals surface area contributed by atoms with Crippen molar-refractivity contribution in [3.05, 3.63) is 21.3 Å². The van der Waals surface area contributed by atoms with E-state index in [4.69, 9.17) is 5.41 Å². The molecule has 0 fully saturated rings. The van der Waals surface area contributed by atoms with Crippen LogP contribution in [0, 0.1) is 8.98 Å². The number of nitrogens with one attached hydrogen (secondary N) is 1. The summed E-state index contributed by atoms with van der Waals surface area (Å²) in [6.45, 7) is 1.77.